The number of hydrogen-bond acceptors (Lipinski definition) is 5. The number of nitriles is 1. The molecule has 0 unspecified atom stereocenters. The molecule has 0 aliphatic heterocycles. The standard InChI is InChI=1S/C15H18N2O4S/c1-11-4-5-12(15(18)21-2)10-14(11)22(19,20)17(9-3-8-16)13-6-7-13/h4-5,10,13H,3,6-7,9H2,1-2H3. The van der Waals surface area contributed by atoms with Crippen molar-refractivity contribution in [3.05, 3.63) is 29.3 Å². The third kappa shape index (κ3) is 3.29. The third-order valence-corrected chi connectivity index (χ3v) is 5.69. The van der Waals surface area contributed by atoms with Crippen LogP contribution in [-0.4, -0.2) is 38.4 Å². The number of methoxy groups -OCH3 is 1. The molecule has 2 rings (SSSR count). The van der Waals surface area contributed by atoms with Gasteiger partial charge in [-0.15, -0.1) is 0 Å². The average molecular weight is 322 g/mol. The van der Waals surface area contributed by atoms with Crippen molar-refractivity contribution in [2.45, 2.75) is 37.1 Å². The Kier molecular flexibility index (Phi) is 4.84. The maximum atomic E-state index is 12.9. The van der Waals surface area contributed by atoms with Crippen LogP contribution in [0.3, 0.4) is 0 Å². The molecule has 22 heavy (non-hydrogen) atoms. The van der Waals surface area contributed by atoms with E-state index >= 15 is 0 Å². The molecule has 0 radical (unpaired) electrons. The molecule has 6 nitrogen and oxygen atoms in total. The van der Waals surface area contributed by atoms with E-state index in [0.717, 1.165) is 12.8 Å². The number of carbonyl (C=O) groups excluding carboxylic acids is 1. The van der Waals surface area contributed by atoms with Crippen LogP contribution in [0.1, 0.15) is 35.2 Å². The zero-order valence-electron chi connectivity index (χ0n) is 12.6. The highest BCUT2D eigenvalue weighted by Crippen LogP contribution is 2.33. The summed E-state index contributed by atoms with van der Waals surface area (Å²) in [6.45, 7) is 1.86. The lowest BCUT2D eigenvalue weighted by atomic mass is 10.1. The largest absolute Gasteiger partial charge is 0.465 e. The quantitative estimate of drug-likeness (QED) is 0.746. The Balaban J connectivity index is 2.43. The summed E-state index contributed by atoms with van der Waals surface area (Å²) in [6.07, 6.45) is 1.76. The van der Waals surface area contributed by atoms with Gasteiger partial charge < -0.3 is 4.74 Å². The van der Waals surface area contributed by atoms with Gasteiger partial charge in [-0.1, -0.05) is 6.07 Å². The SMILES string of the molecule is COC(=O)c1ccc(C)c(S(=O)(=O)N(CCC#N)C2CC2)c1. The Morgan fingerprint density at radius 1 is 1.45 bits per heavy atom. The molecule has 118 valence electrons. The molecule has 0 amide bonds. The number of ether oxygens (including phenoxy) is 1. The van der Waals surface area contributed by atoms with Crippen molar-refractivity contribution in [2.75, 3.05) is 13.7 Å². The van der Waals surface area contributed by atoms with Gasteiger partial charge in [0.1, 0.15) is 0 Å². The van der Waals surface area contributed by atoms with Gasteiger partial charge in [-0.3, -0.25) is 0 Å². The fourth-order valence-electron chi connectivity index (χ4n) is 2.27. The van der Waals surface area contributed by atoms with Crippen LogP contribution < -0.4 is 0 Å². The fourth-order valence-corrected chi connectivity index (χ4v) is 4.21. The zero-order valence-corrected chi connectivity index (χ0v) is 13.4. The van der Waals surface area contributed by atoms with E-state index in [4.69, 9.17) is 5.26 Å². The van der Waals surface area contributed by atoms with Gasteiger partial charge in [0.2, 0.25) is 10.0 Å². The summed E-state index contributed by atoms with van der Waals surface area (Å²) >= 11 is 0. The van der Waals surface area contributed by atoms with Gasteiger partial charge in [-0.25, -0.2) is 13.2 Å². The van der Waals surface area contributed by atoms with Crippen LogP contribution in [0.2, 0.25) is 0 Å². The molecule has 1 fully saturated rings. The second kappa shape index (κ2) is 6.46. The monoisotopic (exact) mass is 322 g/mol. The smallest absolute Gasteiger partial charge is 0.337 e. The Morgan fingerprint density at radius 2 is 2.14 bits per heavy atom. The van der Waals surface area contributed by atoms with E-state index in [1.807, 2.05) is 6.07 Å². The van der Waals surface area contributed by atoms with Crippen LogP contribution in [-0.2, 0) is 14.8 Å². The summed E-state index contributed by atoms with van der Waals surface area (Å²) < 4.78 is 31.7. The van der Waals surface area contributed by atoms with Crippen LogP contribution in [0.4, 0.5) is 0 Å². The number of benzene rings is 1. The molecule has 0 spiro atoms. The topological polar surface area (TPSA) is 87.5 Å². The highest BCUT2D eigenvalue weighted by atomic mass is 32.2. The minimum Gasteiger partial charge on any atom is -0.465 e. The Morgan fingerprint density at radius 3 is 2.68 bits per heavy atom. The van der Waals surface area contributed by atoms with Crippen molar-refractivity contribution >= 4 is 16.0 Å². The predicted molar refractivity (Wildman–Crippen MR) is 79.7 cm³/mol. The van der Waals surface area contributed by atoms with Gasteiger partial charge in [0.15, 0.2) is 0 Å². The van der Waals surface area contributed by atoms with E-state index in [9.17, 15) is 13.2 Å². The zero-order chi connectivity index (χ0) is 16.3. The maximum absolute atomic E-state index is 12.9. The van der Waals surface area contributed by atoms with Crippen molar-refractivity contribution in [1.82, 2.24) is 4.31 Å². The molecule has 1 aromatic rings. The Labute approximate surface area is 130 Å². The van der Waals surface area contributed by atoms with E-state index in [0.29, 0.717) is 5.56 Å². The van der Waals surface area contributed by atoms with Gasteiger partial charge >= 0.3 is 5.97 Å². The molecule has 1 aliphatic carbocycles. The molecule has 0 atom stereocenters. The van der Waals surface area contributed by atoms with E-state index in [2.05, 4.69) is 4.74 Å². The van der Waals surface area contributed by atoms with Gasteiger partial charge in [-0.2, -0.15) is 9.57 Å². The van der Waals surface area contributed by atoms with Gasteiger partial charge in [-0.05, 0) is 37.5 Å². The molecule has 1 aromatic carbocycles. The molecular weight excluding hydrogens is 304 g/mol. The Bertz CT molecular complexity index is 718. The van der Waals surface area contributed by atoms with Crippen molar-refractivity contribution < 1.29 is 17.9 Å². The Hall–Kier alpha value is -1.91. The average Bonchev–Trinajstić information content (AvgIpc) is 3.31. The lowest BCUT2D eigenvalue weighted by molar-refractivity contribution is 0.0600. The molecule has 0 bridgehead atoms. The highest BCUT2D eigenvalue weighted by Gasteiger charge is 2.38. The minimum absolute atomic E-state index is 0.0421. The second-order valence-corrected chi connectivity index (χ2v) is 7.09. The first-order valence-electron chi connectivity index (χ1n) is 6.99. The van der Waals surface area contributed by atoms with Gasteiger partial charge in [0.25, 0.3) is 0 Å². The van der Waals surface area contributed by atoms with Crippen molar-refractivity contribution in [3.63, 3.8) is 0 Å². The van der Waals surface area contributed by atoms with Crippen LogP contribution >= 0.6 is 0 Å². The predicted octanol–water partition coefficient (Wildman–Crippen LogP) is 1.85. The number of sulfonamides is 1. The lowest BCUT2D eigenvalue weighted by Gasteiger charge is -2.22. The first-order chi connectivity index (χ1) is 10.4. The van der Waals surface area contributed by atoms with E-state index in [1.54, 1.807) is 13.0 Å². The molecule has 0 saturated heterocycles. The van der Waals surface area contributed by atoms with E-state index in [-0.39, 0.29) is 29.5 Å². The van der Waals surface area contributed by atoms with Crippen molar-refractivity contribution in [2.24, 2.45) is 0 Å². The molecule has 1 saturated carbocycles. The van der Waals surface area contributed by atoms with Crippen molar-refractivity contribution in [3.8, 4) is 6.07 Å². The fraction of sp³-hybridized carbons (Fsp3) is 0.467. The molecular formula is C15H18N2O4S. The third-order valence-electron chi connectivity index (χ3n) is 3.59. The van der Waals surface area contributed by atoms with Gasteiger partial charge in [0, 0.05) is 19.0 Å². The highest BCUT2D eigenvalue weighted by molar-refractivity contribution is 7.89. The maximum Gasteiger partial charge on any atom is 0.337 e. The molecule has 1 aliphatic rings. The number of hydrogen-bond donors (Lipinski definition) is 0. The number of aryl methyl sites for hydroxylation is 1. The number of esters is 1. The summed E-state index contributed by atoms with van der Waals surface area (Å²) in [6, 6.07) is 6.41. The lowest BCUT2D eigenvalue weighted by Crippen LogP contribution is -2.34. The number of carbonyl (C=O) groups is 1. The normalized spacial score (nSPS) is 14.6. The van der Waals surface area contributed by atoms with E-state index in [1.165, 1.54) is 23.5 Å². The first-order valence-corrected chi connectivity index (χ1v) is 8.43. The van der Waals surface area contributed by atoms with Gasteiger partial charge in [0.05, 0.1) is 23.6 Å². The summed E-state index contributed by atoms with van der Waals surface area (Å²) in [7, 11) is -2.48. The number of rotatable bonds is 6. The summed E-state index contributed by atoms with van der Waals surface area (Å²) in [5, 5.41) is 8.72. The molecule has 0 aromatic heterocycles. The van der Waals surface area contributed by atoms with Crippen LogP contribution in [0, 0.1) is 18.3 Å². The molecule has 7 heteroatoms. The van der Waals surface area contributed by atoms with Crippen LogP contribution in [0.25, 0.3) is 0 Å². The second-order valence-electron chi connectivity index (χ2n) is 5.23. The summed E-state index contributed by atoms with van der Waals surface area (Å²) in [5.41, 5.74) is 0.762. The minimum atomic E-state index is -3.73. The molecule has 0 N–H and O–H groups in total. The summed E-state index contributed by atoms with van der Waals surface area (Å²) in [5.74, 6) is -0.577. The molecule has 0 heterocycles. The van der Waals surface area contributed by atoms with Crippen molar-refractivity contribution in [1.29, 1.82) is 5.26 Å². The summed E-state index contributed by atoms with van der Waals surface area (Å²) in [4.78, 5) is 11.7. The number of nitrogens with zero attached hydrogens (tertiary/aromatic N) is 2. The van der Waals surface area contributed by atoms with Crippen LogP contribution in [0.15, 0.2) is 23.1 Å². The van der Waals surface area contributed by atoms with Crippen LogP contribution in [0.5, 0.6) is 0 Å². The first kappa shape index (κ1) is 16.5. The van der Waals surface area contributed by atoms with E-state index < -0.39 is 16.0 Å².